The van der Waals surface area contributed by atoms with Crippen LogP contribution in [-0.2, 0) is 19.6 Å². The molecule has 0 aromatic rings. The quantitative estimate of drug-likeness (QED) is 0.663. The monoisotopic (exact) mass is 278 g/mol. The van der Waals surface area contributed by atoms with Crippen LogP contribution in [0.3, 0.4) is 0 Å². The van der Waals surface area contributed by atoms with Gasteiger partial charge < -0.3 is 10.1 Å². The van der Waals surface area contributed by atoms with Gasteiger partial charge in [-0.15, -0.1) is 0 Å². The largest absolute Gasteiger partial charge is 0.379 e. The number of rotatable bonds is 7. The van der Waals surface area contributed by atoms with Gasteiger partial charge in [-0.3, -0.25) is 4.79 Å². The van der Waals surface area contributed by atoms with Crippen molar-refractivity contribution in [3.63, 3.8) is 0 Å². The lowest BCUT2D eigenvalue weighted by Crippen LogP contribution is -2.42. The Morgan fingerprint density at radius 1 is 1.33 bits per heavy atom. The van der Waals surface area contributed by atoms with E-state index in [-0.39, 0.29) is 18.1 Å². The summed E-state index contributed by atoms with van der Waals surface area (Å²) in [5.41, 5.74) is 0. The third-order valence-electron chi connectivity index (χ3n) is 2.80. The zero-order valence-electron chi connectivity index (χ0n) is 10.9. The van der Waals surface area contributed by atoms with Crippen LogP contribution >= 0.6 is 0 Å². The molecule has 1 rings (SSSR count). The molecule has 0 bridgehead atoms. The van der Waals surface area contributed by atoms with Crippen LogP contribution in [0.4, 0.5) is 0 Å². The van der Waals surface area contributed by atoms with Crippen molar-refractivity contribution in [2.45, 2.75) is 26.2 Å². The van der Waals surface area contributed by atoms with E-state index in [4.69, 9.17) is 4.74 Å². The Labute approximate surface area is 109 Å². The molecule has 0 saturated carbocycles. The fourth-order valence-electron chi connectivity index (χ4n) is 1.67. The van der Waals surface area contributed by atoms with Gasteiger partial charge in [-0.05, 0) is 6.42 Å². The maximum atomic E-state index is 11.9. The zero-order chi connectivity index (χ0) is 13.4. The number of nitrogens with zero attached hydrogens (tertiary/aromatic N) is 1. The van der Waals surface area contributed by atoms with Gasteiger partial charge in [0.15, 0.2) is 0 Å². The van der Waals surface area contributed by atoms with Crippen LogP contribution < -0.4 is 5.32 Å². The number of amides is 1. The van der Waals surface area contributed by atoms with Gasteiger partial charge in [0.2, 0.25) is 15.9 Å². The van der Waals surface area contributed by atoms with Crippen LogP contribution in [0.5, 0.6) is 0 Å². The van der Waals surface area contributed by atoms with Crippen molar-refractivity contribution in [3.8, 4) is 0 Å². The summed E-state index contributed by atoms with van der Waals surface area (Å²) in [5, 5.41) is 2.71. The molecule has 1 N–H and O–H groups in total. The third-order valence-corrected chi connectivity index (χ3v) is 4.67. The van der Waals surface area contributed by atoms with Crippen LogP contribution in [0.2, 0.25) is 0 Å². The van der Waals surface area contributed by atoms with E-state index in [1.54, 1.807) is 0 Å². The van der Waals surface area contributed by atoms with Crippen LogP contribution in [0.1, 0.15) is 26.2 Å². The Bertz CT molecular complexity index is 350. The highest BCUT2D eigenvalue weighted by atomic mass is 32.2. The van der Waals surface area contributed by atoms with Crippen molar-refractivity contribution >= 4 is 15.9 Å². The number of unbranched alkanes of at least 4 members (excludes halogenated alkanes) is 1. The molecule has 18 heavy (non-hydrogen) atoms. The summed E-state index contributed by atoms with van der Waals surface area (Å²) in [6, 6.07) is 0. The normalized spacial score (nSPS) is 17.6. The number of nitrogens with one attached hydrogen (secondary N) is 1. The fraction of sp³-hybridized carbons (Fsp3) is 0.909. The first-order valence-corrected chi connectivity index (χ1v) is 7.99. The standard InChI is InChI=1S/C11H22N2O4S/c1-2-3-5-12-11(14)4-10-18(15,16)13-6-8-17-9-7-13/h2-10H2,1H3,(H,12,14). The second-order valence-corrected chi connectivity index (χ2v) is 6.37. The summed E-state index contributed by atoms with van der Waals surface area (Å²) in [5.74, 6) is -0.314. The minimum absolute atomic E-state index is 0.0312. The van der Waals surface area contributed by atoms with Crippen molar-refractivity contribution in [3.05, 3.63) is 0 Å². The molecule has 1 aliphatic heterocycles. The molecule has 1 aliphatic rings. The molecule has 0 aliphatic carbocycles. The molecule has 0 aromatic carbocycles. The molecule has 0 radical (unpaired) electrons. The summed E-state index contributed by atoms with van der Waals surface area (Å²) in [7, 11) is -3.32. The van der Waals surface area contributed by atoms with Gasteiger partial charge in [0.05, 0.1) is 19.0 Å². The lowest BCUT2D eigenvalue weighted by molar-refractivity contribution is -0.120. The molecule has 7 heteroatoms. The minimum Gasteiger partial charge on any atom is -0.379 e. The van der Waals surface area contributed by atoms with Gasteiger partial charge in [-0.1, -0.05) is 13.3 Å². The zero-order valence-corrected chi connectivity index (χ0v) is 11.7. The smallest absolute Gasteiger partial charge is 0.221 e. The number of morpholine rings is 1. The van der Waals surface area contributed by atoms with E-state index in [0.717, 1.165) is 12.8 Å². The van der Waals surface area contributed by atoms with E-state index in [1.807, 2.05) is 6.92 Å². The maximum Gasteiger partial charge on any atom is 0.221 e. The number of carbonyl (C=O) groups excluding carboxylic acids is 1. The van der Waals surface area contributed by atoms with Crippen LogP contribution in [0, 0.1) is 0 Å². The predicted octanol–water partition coefficient (Wildman–Crippen LogP) is -0.0452. The molecule has 106 valence electrons. The highest BCUT2D eigenvalue weighted by molar-refractivity contribution is 7.89. The Hall–Kier alpha value is -0.660. The Kier molecular flexibility index (Phi) is 6.59. The van der Waals surface area contributed by atoms with Crippen molar-refractivity contribution in [1.29, 1.82) is 0 Å². The highest BCUT2D eigenvalue weighted by Crippen LogP contribution is 2.06. The molecule has 1 amide bonds. The molecule has 1 fully saturated rings. The molecule has 0 spiro atoms. The Morgan fingerprint density at radius 3 is 2.61 bits per heavy atom. The second-order valence-electron chi connectivity index (χ2n) is 4.28. The minimum atomic E-state index is -3.32. The van der Waals surface area contributed by atoms with Crippen LogP contribution in [0.25, 0.3) is 0 Å². The van der Waals surface area contributed by atoms with E-state index >= 15 is 0 Å². The lowest BCUT2D eigenvalue weighted by Gasteiger charge is -2.25. The van der Waals surface area contributed by atoms with Gasteiger partial charge in [-0.25, -0.2) is 8.42 Å². The summed E-state index contributed by atoms with van der Waals surface area (Å²) in [6.45, 7) is 4.30. The third kappa shape index (κ3) is 5.32. The molecule has 0 atom stereocenters. The topological polar surface area (TPSA) is 75.7 Å². The Morgan fingerprint density at radius 2 is 2.00 bits per heavy atom. The van der Waals surface area contributed by atoms with E-state index in [0.29, 0.717) is 32.8 Å². The first kappa shape index (κ1) is 15.4. The molecule has 6 nitrogen and oxygen atoms in total. The number of hydrogen-bond donors (Lipinski definition) is 1. The summed E-state index contributed by atoms with van der Waals surface area (Å²) < 4.78 is 30.3. The molecule has 0 unspecified atom stereocenters. The second kappa shape index (κ2) is 7.70. The van der Waals surface area contributed by atoms with Gasteiger partial charge in [0.1, 0.15) is 0 Å². The van der Waals surface area contributed by atoms with Crippen molar-refractivity contribution in [2.75, 3.05) is 38.6 Å². The maximum absolute atomic E-state index is 11.9. The number of hydrogen-bond acceptors (Lipinski definition) is 4. The molecule has 1 heterocycles. The SMILES string of the molecule is CCCCNC(=O)CCS(=O)(=O)N1CCOCC1. The molecular formula is C11H22N2O4S. The van der Waals surface area contributed by atoms with Crippen molar-refractivity contribution in [2.24, 2.45) is 0 Å². The fourth-order valence-corrected chi connectivity index (χ4v) is 3.08. The van der Waals surface area contributed by atoms with Crippen molar-refractivity contribution in [1.82, 2.24) is 9.62 Å². The summed E-state index contributed by atoms with van der Waals surface area (Å²) in [6.07, 6.45) is 1.96. The van der Waals surface area contributed by atoms with E-state index in [9.17, 15) is 13.2 Å². The number of sulfonamides is 1. The summed E-state index contributed by atoms with van der Waals surface area (Å²) >= 11 is 0. The predicted molar refractivity (Wildman–Crippen MR) is 68.7 cm³/mol. The molecule has 1 saturated heterocycles. The Balaban J connectivity index is 2.30. The highest BCUT2D eigenvalue weighted by Gasteiger charge is 2.24. The lowest BCUT2D eigenvalue weighted by atomic mass is 10.3. The van der Waals surface area contributed by atoms with Gasteiger partial charge in [0, 0.05) is 26.1 Å². The van der Waals surface area contributed by atoms with E-state index in [1.165, 1.54) is 4.31 Å². The average molecular weight is 278 g/mol. The van der Waals surface area contributed by atoms with Gasteiger partial charge in [-0.2, -0.15) is 4.31 Å². The first-order chi connectivity index (χ1) is 8.56. The molecular weight excluding hydrogens is 256 g/mol. The number of carbonyl (C=O) groups is 1. The van der Waals surface area contributed by atoms with E-state index in [2.05, 4.69) is 5.32 Å². The van der Waals surface area contributed by atoms with Gasteiger partial charge in [0.25, 0.3) is 0 Å². The van der Waals surface area contributed by atoms with Gasteiger partial charge >= 0.3 is 0 Å². The summed E-state index contributed by atoms with van der Waals surface area (Å²) in [4.78, 5) is 11.4. The molecule has 0 aromatic heterocycles. The van der Waals surface area contributed by atoms with Crippen LogP contribution in [-0.4, -0.2) is 57.2 Å². The van der Waals surface area contributed by atoms with Crippen LogP contribution in [0.15, 0.2) is 0 Å². The first-order valence-electron chi connectivity index (χ1n) is 6.38. The average Bonchev–Trinajstić information content (AvgIpc) is 2.38. The van der Waals surface area contributed by atoms with E-state index < -0.39 is 10.0 Å². The number of ether oxygens (including phenoxy) is 1. The van der Waals surface area contributed by atoms with Crippen molar-refractivity contribution < 1.29 is 17.9 Å².